The van der Waals surface area contributed by atoms with E-state index in [9.17, 15) is 4.79 Å². The Bertz CT molecular complexity index is 791. The van der Waals surface area contributed by atoms with E-state index < -0.39 is 0 Å². The van der Waals surface area contributed by atoms with E-state index in [4.69, 9.17) is 0 Å². The van der Waals surface area contributed by atoms with Crippen molar-refractivity contribution in [2.45, 2.75) is 18.3 Å². The Morgan fingerprint density at radius 1 is 1.23 bits per heavy atom. The van der Waals surface area contributed by atoms with Gasteiger partial charge in [0.05, 0.1) is 11.1 Å². The summed E-state index contributed by atoms with van der Waals surface area (Å²) in [6, 6.07) is 9.57. The lowest BCUT2D eigenvalue weighted by Crippen LogP contribution is -2.27. The lowest BCUT2D eigenvalue weighted by molar-refractivity contribution is -0.118. The number of carbonyl (C=O) groups excluding carboxylic acids is 1. The van der Waals surface area contributed by atoms with Gasteiger partial charge in [-0.25, -0.2) is 4.68 Å². The molecule has 0 bridgehead atoms. The number of thiophene rings is 1. The van der Waals surface area contributed by atoms with Crippen molar-refractivity contribution in [1.82, 2.24) is 14.8 Å². The number of nitrogens with zero attached hydrogens (tertiary/aromatic N) is 3. The summed E-state index contributed by atoms with van der Waals surface area (Å²) in [5.74, 6) is 0.611. The molecule has 0 unspecified atom stereocenters. The Morgan fingerprint density at radius 2 is 2.05 bits per heavy atom. The summed E-state index contributed by atoms with van der Waals surface area (Å²) in [5.41, 5.74) is 0.573. The van der Waals surface area contributed by atoms with E-state index in [1.165, 1.54) is 0 Å². The third kappa shape index (κ3) is 2.21. The number of aromatic nitrogens is 3. The summed E-state index contributed by atoms with van der Waals surface area (Å²) in [6.45, 7) is 0. The van der Waals surface area contributed by atoms with Crippen molar-refractivity contribution < 1.29 is 4.79 Å². The fraction of sp³-hybridized carbons (Fsp3) is 0.188. The average molecular weight is 310 g/mol. The molecule has 0 saturated heterocycles. The molecule has 0 aromatic carbocycles. The minimum Gasteiger partial charge on any atom is -0.308 e. The molecule has 0 radical (unpaired) electrons. The first kappa shape index (κ1) is 13.2. The first-order valence-electron chi connectivity index (χ1n) is 7.09. The number of nitrogens with one attached hydrogen (secondary N) is 1. The van der Waals surface area contributed by atoms with Gasteiger partial charge in [-0.3, -0.25) is 9.78 Å². The van der Waals surface area contributed by atoms with Gasteiger partial charge in [0.1, 0.15) is 0 Å². The summed E-state index contributed by atoms with van der Waals surface area (Å²) in [5, 5.41) is 9.36. The van der Waals surface area contributed by atoms with Crippen LogP contribution in [0.3, 0.4) is 0 Å². The van der Waals surface area contributed by atoms with Gasteiger partial charge >= 0.3 is 0 Å². The fourth-order valence-corrected chi connectivity index (χ4v) is 3.51. The summed E-state index contributed by atoms with van der Waals surface area (Å²) >= 11 is 1.64. The molecular formula is C16H14N4OS. The van der Waals surface area contributed by atoms with Crippen molar-refractivity contribution in [2.24, 2.45) is 0 Å². The van der Waals surface area contributed by atoms with Crippen LogP contribution in [-0.2, 0) is 10.2 Å². The van der Waals surface area contributed by atoms with Gasteiger partial charge < -0.3 is 5.32 Å². The van der Waals surface area contributed by atoms with E-state index in [-0.39, 0.29) is 11.3 Å². The van der Waals surface area contributed by atoms with Gasteiger partial charge in [-0.05, 0) is 36.4 Å². The first-order chi connectivity index (χ1) is 10.8. The molecule has 1 aliphatic carbocycles. The standard InChI is InChI=1S/C16H14N4OS/c21-15(16(6-7-16)13-2-1-11-22-13)18-14-5-10-20(19-14)12-3-8-17-9-4-12/h1-5,8-11H,6-7H2,(H,18,19,21). The molecule has 3 aromatic rings. The highest BCUT2D eigenvalue weighted by Crippen LogP contribution is 2.50. The number of rotatable bonds is 4. The molecule has 1 N–H and O–H groups in total. The zero-order valence-corrected chi connectivity index (χ0v) is 12.6. The highest BCUT2D eigenvalue weighted by molar-refractivity contribution is 7.10. The van der Waals surface area contributed by atoms with E-state index in [1.54, 1.807) is 28.4 Å². The van der Waals surface area contributed by atoms with Gasteiger partial charge in [0, 0.05) is 29.5 Å². The number of amides is 1. The molecule has 1 saturated carbocycles. The summed E-state index contributed by atoms with van der Waals surface area (Å²) in [6.07, 6.45) is 7.07. The van der Waals surface area contributed by atoms with Crippen molar-refractivity contribution in [3.63, 3.8) is 0 Å². The Morgan fingerprint density at radius 3 is 2.73 bits per heavy atom. The van der Waals surface area contributed by atoms with Crippen LogP contribution < -0.4 is 5.32 Å². The van der Waals surface area contributed by atoms with Crippen LogP contribution in [0.2, 0.25) is 0 Å². The lowest BCUT2D eigenvalue weighted by Gasteiger charge is -2.12. The van der Waals surface area contributed by atoms with E-state index in [0.717, 1.165) is 23.4 Å². The number of carbonyl (C=O) groups is 1. The van der Waals surface area contributed by atoms with E-state index in [2.05, 4.69) is 15.4 Å². The second-order valence-corrected chi connectivity index (χ2v) is 6.31. The molecule has 3 aromatic heterocycles. The SMILES string of the molecule is O=C(Nc1ccn(-c2ccncc2)n1)C1(c2cccs2)CC1. The minimum absolute atomic E-state index is 0.0370. The van der Waals surface area contributed by atoms with Crippen LogP contribution >= 0.6 is 11.3 Å². The van der Waals surface area contributed by atoms with E-state index in [1.807, 2.05) is 41.9 Å². The average Bonchev–Trinajstić information content (AvgIpc) is 2.99. The fourth-order valence-electron chi connectivity index (χ4n) is 2.53. The van der Waals surface area contributed by atoms with Gasteiger partial charge in [-0.1, -0.05) is 6.07 Å². The maximum absolute atomic E-state index is 12.6. The predicted octanol–water partition coefficient (Wildman–Crippen LogP) is 3.00. The largest absolute Gasteiger partial charge is 0.308 e. The van der Waals surface area contributed by atoms with Crippen molar-refractivity contribution in [3.8, 4) is 5.69 Å². The molecule has 22 heavy (non-hydrogen) atoms. The maximum Gasteiger partial charge on any atom is 0.237 e. The Hall–Kier alpha value is -2.47. The highest BCUT2D eigenvalue weighted by Gasteiger charge is 2.52. The van der Waals surface area contributed by atoms with Crippen molar-refractivity contribution >= 4 is 23.1 Å². The van der Waals surface area contributed by atoms with Gasteiger partial charge in [0.15, 0.2) is 5.82 Å². The highest BCUT2D eigenvalue weighted by atomic mass is 32.1. The summed E-state index contributed by atoms with van der Waals surface area (Å²) in [7, 11) is 0. The topological polar surface area (TPSA) is 59.8 Å². The quantitative estimate of drug-likeness (QED) is 0.806. The monoisotopic (exact) mass is 310 g/mol. The Labute approximate surface area is 131 Å². The molecule has 0 aliphatic heterocycles. The number of pyridine rings is 1. The molecule has 5 nitrogen and oxygen atoms in total. The first-order valence-corrected chi connectivity index (χ1v) is 7.97. The molecule has 110 valence electrons. The van der Waals surface area contributed by atoms with E-state index >= 15 is 0 Å². The summed E-state index contributed by atoms with van der Waals surface area (Å²) < 4.78 is 1.72. The van der Waals surface area contributed by atoms with Crippen LogP contribution in [-0.4, -0.2) is 20.7 Å². The Balaban J connectivity index is 1.53. The zero-order chi connectivity index (χ0) is 15.0. The van der Waals surface area contributed by atoms with Gasteiger partial charge in [-0.2, -0.15) is 5.10 Å². The molecule has 3 heterocycles. The number of hydrogen-bond donors (Lipinski definition) is 1. The van der Waals surface area contributed by atoms with Crippen molar-refractivity contribution in [3.05, 3.63) is 59.2 Å². The van der Waals surface area contributed by atoms with Gasteiger partial charge in [-0.15, -0.1) is 11.3 Å². The van der Waals surface area contributed by atoms with E-state index in [0.29, 0.717) is 5.82 Å². The van der Waals surface area contributed by atoms with Crippen LogP contribution in [0.15, 0.2) is 54.3 Å². The number of hydrogen-bond acceptors (Lipinski definition) is 4. The molecule has 1 amide bonds. The zero-order valence-electron chi connectivity index (χ0n) is 11.8. The molecule has 6 heteroatoms. The Kier molecular flexibility index (Phi) is 3.04. The smallest absolute Gasteiger partial charge is 0.237 e. The van der Waals surface area contributed by atoms with Crippen LogP contribution in [0.25, 0.3) is 5.69 Å². The summed E-state index contributed by atoms with van der Waals surface area (Å²) in [4.78, 5) is 17.7. The second kappa shape index (κ2) is 5.06. The van der Waals surface area contributed by atoms with Gasteiger partial charge in [0.2, 0.25) is 5.91 Å². The normalized spacial score (nSPS) is 15.5. The van der Waals surface area contributed by atoms with Crippen LogP contribution in [0.5, 0.6) is 0 Å². The lowest BCUT2D eigenvalue weighted by atomic mass is 10.0. The molecular weight excluding hydrogens is 296 g/mol. The third-order valence-corrected chi connectivity index (χ3v) is 5.01. The predicted molar refractivity (Wildman–Crippen MR) is 85.2 cm³/mol. The minimum atomic E-state index is -0.339. The molecule has 0 atom stereocenters. The second-order valence-electron chi connectivity index (χ2n) is 5.36. The van der Waals surface area contributed by atoms with Crippen LogP contribution in [0.4, 0.5) is 5.82 Å². The molecule has 4 rings (SSSR count). The maximum atomic E-state index is 12.6. The third-order valence-electron chi connectivity index (χ3n) is 3.94. The van der Waals surface area contributed by atoms with Crippen molar-refractivity contribution in [1.29, 1.82) is 0 Å². The van der Waals surface area contributed by atoms with Crippen molar-refractivity contribution in [2.75, 3.05) is 5.32 Å². The van der Waals surface area contributed by atoms with Crippen LogP contribution in [0.1, 0.15) is 17.7 Å². The van der Waals surface area contributed by atoms with Crippen LogP contribution in [0, 0.1) is 0 Å². The molecule has 0 spiro atoms. The number of anilines is 1. The molecule has 1 fully saturated rings. The molecule has 1 aliphatic rings. The van der Waals surface area contributed by atoms with Gasteiger partial charge in [0.25, 0.3) is 0 Å².